The normalized spacial score (nSPS) is 18.4. The molecule has 0 spiro atoms. The molecule has 0 radical (unpaired) electrons. The summed E-state index contributed by atoms with van der Waals surface area (Å²) in [5, 5.41) is 0.417. The molecule has 1 atom stereocenters. The van der Waals surface area contributed by atoms with Crippen molar-refractivity contribution in [3.05, 3.63) is 28.8 Å². The van der Waals surface area contributed by atoms with Crippen LogP contribution in [-0.2, 0) is 0 Å². The summed E-state index contributed by atoms with van der Waals surface area (Å²) < 4.78 is 5.55. The lowest BCUT2D eigenvalue weighted by Gasteiger charge is -2.47. The lowest BCUT2D eigenvalue weighted by atomic mass is 9.43. The minimum absolute atomic E-state index is 0.129. The largest absolute Gasteiger partial charge is 0.388 e. The summed E-state index contributed by atoms with van der Waals surface area (Å²) in [5.41, 5.74) is 5.76. The fourth-order valence-electron chi connectivity index (χ4n) is 4.44. The molecule has 1 aromatic carbocycles. The Hall–Kier alpha value is -0.460. The summed E-state index contributed by atoms with van der Waals surface area (Å²) in [7, 11) is 0.776. The summed E-state index contributed by atoms with van der Waals surface area (Å²) in [6.45, 7) is 29.3. The molecule has 0 saturated carbocycles. The molecular weight excluding hydrogens is 333 g/mol. The van der Waals surface area contributed by atoms with E-state index in [0.29, 0.717) is 13.5 Å². The molecule has 1 saturated heterocycles. The molecule has 1 aromatic rings. The van der Waals surface area contributed by atoms with Crippen LogP contribution < -0.4 is 4.58 Å². The van der Waals surface area contributed by atoms with E-state index in [-0.39, 0.29) is 16.2 Å². The zero-order valence-corrected chi connectivity index (χ0v) is 20.2. The van der Waals surface area contributed by atoms with Gasteiger partial charge < -0.3 is 9.30 Å². The molecule has 0 aliphatic carbocycles. The Morgan fingerprint density at radius 3 is 1.58 bits per heavy atom. The van der Waals surface area contributed by atoms with E-state index in [1.807, 2.05) is 0 Å². The Morgan fingerprint density at radius 2 is 1.23 bits per heavy atom. The average Bonchev–Trinajstić information content (AvgIpc) is 2.77. The molecule has 26 heavy (non-hydrogen) atoms. The van der Waals surface area contributed by atoms with Crippen LogP contribution in [0.15, 0.2) is 12.1 Å². The second-order valence-corrected chi connectivity index (χ2v) is 12.6. The minimum Gasteiger partial charge on any atom is -0.388 e. The zero-order valence-electron chi connectivity index (χ0n) is 19.2. The fourth-order valence-corrected chi connectivity index (χ4v) is 6.88. The van der Waals surface area contributed by atoms with Crippen molar-refractivity contribution in [3.8, 4) is 0 Å². The minimum atomic E-state index is 0.129. The third-order valence-corrected chi connectivity index (χ3v) is 7.43. The molecule has 1 aliphatic heterocycles. The lowest BCUT2D eigenvalue weighted by molar-refractivity contribution is 0.347. The van der Waals surface area contributed by atoms with E-state index in [2.05, 4.69) is 105 Å². The van der Waals surface area contributed by atoms with Crippen molar-refractivity contribution in [2.24, 2.45) is 0 Å². The predicted octanol–water partition coefficient (Wildman–Crippen LogP) is 6.70. The van der Waals surface area contributed by atoms with Gasteiger partial charge in [0.25, 0.3) is 6.57 Å². The number of aryl methyl sites for hydroxylation is 3. The van der Waals surface area contributed by atoms with Gasteiger partial charge in [-0.25, -0.2) is 0 Å². The van der Waals surface area contributed by atoms with Crippen LogP contribution in [0, 0.1) is 20.8 Å². The average molecular weight is 372 g/mol. The van der Waals surface area contributed by atoms with Gasteiger partial charge in [-0.05, 0) is 68.8 Å². The number of rotatable bonds is 1. The van der Waals surface area contributed by atoms with E-state index in [1.165, 1.54) is 22.4 Å². The molecule has 2 rings (SSSR count). The van der Waals surface area contributed by atoms with Crippen LogP contribution in [-0.4, -0.2) is 23.8 Å². The van der Waals surface area contributed by atoms with Crippen molar-refractivity contribution in [1.29, 1.82) is 0 Å². The first-order valence-electron chi connectivity index (χ1n) is 9.97. The van der Waals surface area contributed by atoms with E-state index < -0.39 is 0 Å². The van der Waals surface area contributed by atoms with E-state index in [9.17, 15) is 0 Å². The third-order valence-electron chi connectivity index (χ3n) is 5.29. The van der Waals surface area contributed by atoms with Crippen molar-refractivity contribution < 1.29 is 0 Å². The Labute approximate surface area is 165 Å². The van der Waals surface area contributed by atoms with Crippen molar-refractivity contribution in [2.45, 2.75) is 99.3 Å². The first-order valence-corrected chi connectivity index (χ1v) is 11.0. The highest BCUT2D eigenvalue weighted by Gasteiger charge is 2.58. The number of hydrogen-bond donors (Lipinski definition) is 0. The predicted molar refractivity (Wildman–Crippen MR) is 124 cm³/mol. The van der Waals surface area contributed by atoms with Gasteiger partial charge in [0.05, 0.1) is 0 Å². The highest BCUT2D eigenvalue weighted by molar-refractivity contribution is 7.81. The van der Waals surface area contributed by atoms with Gasteiger partial charge in [0.2, 0.25) is 0 Å². The first-order chi connectivity index (χ1) is 11.5. The molecule has 144 valence electrons. The van der Waals surface area contributed by atoms with Crippen molar-refractivity contribution >= 4 is 27.8 Å². The smallest absolute Gasteiger partial charge is 0.340 e. The Bertz CT molecular complexity index is 645. The van der Waals surface area contributed by atoms with E-state index >= 15 is 0 Å². The molecule has 2 nitrogen and oxygen atoms in total. The van der Waals surface area contributed by atoms with E-state index in [4.69, 9.17) is 0 Å². The Balaban J connectivity index is 2.70. The molecule has 1 fully saturated rings. The van der Waals surface area contributed by atoms with E-state index in [1.54, 1.807) is 0 Å². The molecule has 0 bridgehead atoms. The van der Waals surface area contributed by atoms with Crippen LogP contribution in [0.1, 0.15) is 79.0 Å². The highest BCUT2D eigenvalue weighted by Crippen LogP contribution is 2.56. The summed E-state index contributed by atoms with van der Waals surface area (Å²) in [4.78, 5) is 0. The van der Waals surface area contributed by atoms with Crippen LogP contribution in [0.2, 0.25) is 10.6 Å². The van der Waals surface area contributed by atoms with Gasteiger partial charge in [0, 0.05) is 5.69 Å². The van der Waals surface area contributed by atoms with E-state index in [0.717, 1.165) is 8.61 Å². The molecule has 1 aliphatic rings. The Kier molecular flexibility index (Phi) is 5.76. The van der Waals surface area contributed by atoms with Gasteiger partial charge >= 0.3 is 6.98 Å². The monoisotopic (exact) mass is 372 g/mol. The lowest BCUT2D eigenvalue weighted by Crippen LogP contribution is -2.61. The standard InChI is InChI=1S/C21H39B2N2P/c1-15-13-16(2)18(17(3)14-15)24-22(19(4,5)6)25(21(10,11)12)23(26-24)20(7,8)9/h13-14,26H,1-12H3. The number of nitrogens with zero attached hydrogens (tertiary/aromatic N) is 2. The zero-order chi connectivity index (χ0) is 20.2. The quantitative estimate of drug-likeness (QED) is 0.400. The number of benzene rings is 1. The van der Waals surface area contributed by atoms with Crippen LogP contribution in [0.3, 0.4) is 0 Å². The van der Waals surface area contributed by atoms with Gasteiger partial charge in [0.1, 0.15) is 0 Å². The van der Waals surface area contributed by atoms with Gasteiger partial charge in [0.15, 0.2) is 0 Å². The molecule has 5 heteroatoms. The van der Waals surface area contributed by atoms with Crippen LogP contribution in [0.4, 0.5) is 5.69 Å². The maximum absolute atomic E-state index is 2.81. The Morgan fingerprint density at radius 1 is 0.769 bits per heavy atom. The van der Waals surface area contributed by atoms with Crippen LogP contribution >= 0.6 is 8.61 Å². The van der Waals surface area contributed by atoms with Gasteiger partial charge in [-0.2, -0.15) is 0 Å². The maximum atomic E-state index is 2.81. The SMILES string of the molecule is Cc1cc(C)c(N2PB(C(C)(C)C)N(C(C)(C)C)B2C(C)(C)C)c(C)c1. The number of hydrogen-bond acceptors (Lipinski definition) is 2. The van der Waals surface area contributed by atoms with Crippen molar-refractivity contribution in [2.75, 3.05) is 4.58 Å². The molecule has 1 heterocycles. The molecule has 0 amide bonds. The van der Waals surface area contributed by atoms with Gasteiger partial charge in [-0.1, -0.05) is 67.8 Å². The van der Waals surface area contributed by atoms with Crippen LogP contribution in [0.25, 0.3) is 0 Å². The second-order valence-electron chi connectivity index (χ2n) is 11.3. The fraction of sp³-hybridized carbons (Fsp3) is 0.714. The first kappa shape index (κ1) is 21.8. The highest BCUT2D eigenvalue weighted by atomic mass is 31.1. The molecule has 0 aromatic heterocycles. The van der Waals surface area contributed by atoms with Crippen molar-refractivity contribution in [3.63, 3.8) is 0 Å². The topological polar surface area (TPSA) is 6.48 Å². The maximum Gasteiger partial charge on any atom is 0.340 e. The summed E-state index contributed by atoms with van der Waals surface area (Å²) in [6, 6.07) is 4.69. The number of anilines is 1. The molecule has 1 unspecified atom stereocenters. The second kappa shape index (κ2) is 6.85. The third kappa shape index (κ3) is 4.17. The van der Waals surface area contributed by atoms with Gasteiger partial charge in [-0.3, -0.25) is 0 Å². The van der Waals surface area contributed by atoms with Gasteiger partial charge in [-0.15, -0.1) is 0 Å². The summed E-state index contributed by atoms with van der Waals surface area (Å²) >= 11 is 0. The summed E-state index contributed by atoms with van der Waals surface area (Å²) in [5.74, 6) is 0. The summed E-state index contributed by atoms with van der Waals surface area (Å²) in [6.07, 6.45) is 0. The van der Waals surface area contributed by atoms with Crippen molar-refractivity contribution in [1.82, 2.24) is 4.72 Å². The molecule has 0 N–H and O–H groups in total. The molecular formula is C21H39B2N2P. The van der Waals surface area contributed by atoms with Crippen LogP contribution in [0.5, 0.6) is 0 Å².